The van der Waals surface area contributed by atoms with Crippen molar-refractivity contribution in [3.05, 3.63) is 0 Å². The molecule has 0 aromatic carbocycles. The molecule has 0 aliphatic carbocycles. The first-order valence-electron chi connectivity index (χ1n) is 0. The largest absolute Gasteiger partial charge is 0 e. The number of hydrogen-bond donors (Lipinski definition) is 0. The van der Waals surface area contributed by atoms with Crippen molar-refractivity contribution in [1.82, 2.24) is 0 Å². The van der Waals surface area contributed by atoms with E-state index < -0.39 is 0 Å². The van der Waals surface area contributed by atoms with E-state index in [1.807, 2.05) is 0 Å². The molecule has 0 rings (SSSR count). The van der Waals surface area contributed by atoms with Gasteiger partial charge in [0.1, 0.15) is 0 Å². The average Bonchev–Trinajstić information content (AvgIpc) is 0. The third kappa shape index (κ3) is 8.95. The molecule has 4 radical (unpaired) electrons. The van der Waals surface area contributed by atoms with Gasteiger partial charge < -0.3 is 0 Å². The van der Waals surface area contributed by atoms with Crippen LogP contribution in [0, 0.1) is 0 Å². The first-order valence-corrected chi connectivity index (χ1v) is 0. The summed E-state index contributed by atoms with van der Waals surface area (Å²) in [4.78, 5) is 0. The van der Waals surface area contributed by atoms with Crippen molar-refractivity contribution in [2.45, 2.75) is 0 Å². The van der Waals surface area contributed by atoms with Gasteiger partial charge in [-0.1, -0.05) is 0 Å². The van der Waals surface area contributed by atoms with E-state index in [1.165, 1.54) is 0 Å². The fourth-order valence-corrected chi connectivity index (χ4v) is 0. The van der Waals surface area contributed by atoms with Crippen molar-refractivity contribution in [1.29, 1.82) is 0 Å². The van der Waals surface area contributed by atoms with Crippen LogP contribution in [0.25, 0.3) is 0 Å². The molecule has 0 aromatic heterocycles. The van der Waals surface area contributed by atoms with Crippen LogP contribution in [0.1, 0.15) is 0 Å². The molecule has 0 nitrogen and oxygen atoms in total. The molecule has 0 heterocycles. The van der Waals surface area contributed by atoms with Crippen LogP contribution >= 0.6 is 0 Å². The minimum atomic E-state index is 0. The molecule has 0 atom stereocenters. The minimum absolute atomic E-state index is 0. The maximum absolute atomic E-state index is 0. The quantitative estimate of drug-likeness (QED) is 0.465. The van der Waals surface area contributed by atoms with Gasteiger partial charge in [0.25, 0.3) is 0 Å². The zero-order valence-electron chi connectivity index (χ0n) is 2.32. The molecule has 0 fully saturated rings. The van der Waals surface area contributed by atoms with Crippen molar-refractivity contribution in [2.75, 3.05) is 0 Å². The van der Waals surface area contributed by atoms with Crippen LogP contribution in [0.4, 0.5) is 0 Å². The SMILES string of the molecule is [B].[BiH3].[Co].[Zn]. The van der Waals surface area contributed by atoms with Crippen LogP contribution < -0.4 is 0 Å². The molecule has 0 bridgehead atoms. The van der Waals surface area contributed by atoms with E-state index in [9.17, 15) is 0 Å². The summed E-state index contributed by atoms with van der Waals surface area (Å²) in [5.41, 5.74) is 0. The van der Waals surface area contributed by atoms with Gasteiger partial charge in [-0.2, -0.15) is 0 Å². The Labute approximate surface area is 70.1 Å². The van der Waals surface area contributed by atoms with Gasteiger partial charge in [-0.15, -0.1) is 0 Å². The van der Waals surface area contributed by atoms with Crippen LogP contribution in [0.3, 0.4) is 0 Å². The standard InChI is InChI=1S/B.Bi.Co.Zn.3H. The molecule has 0 aliphatic heterocycles. The van der Waals surface area contributed by atoms with E-state index >= 15 is 0 Å². The van der Waals surface area contributed by atoms with E-state index in [0.717, 1.165) is 0 Å². The van der Waals surface area contributed by atoms with Crippen molar-refractivity contribution in [3.8, 4) is 0 Å². The van der Waals surface area contributed by atoms with E-state index in [-0.39, 0.29) is 70.9 Å². The molecule has 4 heavy (non-hydrogen) atoms. The predicted molar refractivity (Wildman–Crippen MR) is 15.7 cm³/mol. The summed E-state index contributed by atoms with van der Waals surface area (Å²) < 4.78 is 0. The van der Waals surface area contributed by atoms with E-state index in [4.69, 9.17) is 0 Å². The second-order valence-corrected chi connectivity index (χ2v) is 0. The van der Waals surface area contributed by atoms with Gasteiger partial charge in [0.2, 0.25) is 0 Å². The van der Waals surface area contributed by atoms with E-state index in [2.05, 4.69) is 0 Å². The zero-order chi connectivity index (χ0) is 0. The Balaban J connectivity index is 0. The van der Waals surface area contributed by atoms with Crippen LogP contribution in [-0.4, -0.2) is 34.6 Å². The average molecular weight is 347 g/mol. The van der Waals surface area contributed by atoms with Crippen LogP contribution in [0.2, 0.25) is 0 Å². The molecule has 4 heteroatoms. The van der Waals surface area contributed by atoms with Crippen molar-refractivity contribution in [3.63, 3.8) is 0 Å². The first kappa shape index (κ1) is 36.3. The van der Waals surface area contributed by atoms with Crippen LogP contribution in [0.5, 0.6) is 0 Å². The molecular weight excluding hydrogens is 344 g/mol. The maximum Gasteiger partial charge on any atom is 0 e. The zero-order valence-corrected chi connectivity index (χ0v) is 11.8. The van der Waals surface area contributed by atoms with Crippen molar-refractivity contribution >= 4 is 34.6 Å². The van der Waals surface area contributed by atoms with Gasteiger partial charge in [-0.25, -0.2) is 0 Å². The molecule has 0 saturated heterocycles. The van der Waals surface area contributed by atoms with Gasteiger partial charge in [0, 0.05) is 44.7 Å². The second kappa shape index (κ2) is 19.6. The topological polar surface area (TPSA) is 0 Å². The van der Waals surface area contributed by atoms with Gasteiger partial charge in [-0.3, -0.25) is 0 Å². The Morgan fingerprint density at radius 1 is 1.00 bits per heavy atom. The third-order valence-corrected chi connectivity index (χ3v) is 0. The smallest absolute Gasteiger partial charge is 0 e. The summed E-state index contributed by atoms with van der Waals surface area (Å²) in [5, 5.41) is 0. The molecule has 0 spiro atoms. The molecule has 0 unspecified atom stereocenters. The van der Waals surface area contributed by atoms with Crippen molar-refractivity contribution in [2.24, 2.45) is 0 Å². The summed E-state index contributed by atoms with van der Waals surface area (Å²) in [6.07, 6.45) is 0. The molecular formula is H3BBiCoZn. The molecule has 0 aliphatic rings. The predicted octanol–water partition coefficient (Wildman–Crippen LogP) is -1.57. The van der Waals surface area contributed by atoms with Gasteiger partial charge >= 0.3 is 26.2 Å². The summed E-state index contributed by atoms with van der Waals surface area (Å²) >= 11 is 0. The normalized spacial score (nSPS) is 0. The molecule has 0 saturated carbocycles. The summed E-state index contributed by atoms with van der Waals surface area (Å²) in [7, 11) is 0. The van der Waals surface area contributed by atoms with E-state index in [0.29, 0.717) is 0 Å². The summed E-state index contributed by atoms with van der Waals surface area (Å²) in [6, 6.07) is 0. The summed E-state index contributed by atoms with van der Waals surface area (Å²) in [5.74, 6) is 0. The molecule has 0 amide bonds. The fraction of sp³-hybridized carbons (Fsp3) is 0. The second-order valence-electron chi connectivity index (χ2n) is 0. The Morgan fingerprint density at radius 2 is 1.00 bits per heavy atom. The summed E-state index contributed by atoms with van der Waals surface area (Å²) in [6.45, 7) is 0. The van der Waals surface area contributed by atoms with Crippen LogP contribution in [-0.2, 0) is 36.3 Å². The minimum Gasteiger partial charge on any atom is 0 e. The number of rotatable bonds is 0. The van der Waals surface area contributed by atoms with Crippen LogP contribution in [0.15, 0.2) is 0 Å². The van der Waals surface area contributed by atoms with Gasteiger partial charge in [0.05, 0.1) is 0 Å². The Hall–Kier alpha value is 2.08. The molecule has 22 valence electrons. The Morgan fingerprint density at radius 3 is 1.00 bits per heavy atom. The number of hydrogen-bond acceptors (Lipinski definition) is 0. The molecule has 0 aromatic rings. The maximum atomic E-state index is 0. The van der Waals surface area contributed by atoms with E-state index in [1.54, 1.807) is 0 Å². The Kier molecular flexibility index (Phi) is 177. The first-order chi connectivity index (χ1) is 0. The van der Waals surface area contributed by atoms with Gasteiger partial charge in [-0.05, 0) is 0 Å². The fourth-order valence-electron chi connectivity index (χ4n) is 0. The third-order valence-electron chi connectivity index (χ3n) is 0. The van der Waals surface area contributed by atoms with Crippen molar-refractivity contribution < 1.29 is 36.3 Å². The Bertz CT molecular complexity index is 8.00. The molecule has 0 N–H and O–H groups in total. The van der Waals surface area contributed by atoms with Gasteiger partial charge in [0.15, 0.2) is 0 Å². The monoisotopic (exact) mass is 346 g/mol.